The predicted octanol–water partition coefficient (Wildman–Crippen LogP) is 2.59. The lowest BCUT2D eigenvalue weighted by Crippen LogP contribution is -2.37. The van der Waals surface area contributed by atoms with Crippen molar-refractivity contribution in [2.75, 3.05) is 0 Å². The van der Waals surface area contributed by atoms with Crippen LogP contribution in [0.1, 0.15) is 31.8 Å². The quantitative estimate of drug-likeness (QED) is 0.292. The van der Waals surface area contributed by atoms with Crippen LogP contribution < -0.4 is 5.69 Å². The van der Waals surface area contributed by atoms with Crippen molar-refractivity contribution in [1.82, 2.24) is 34.1 Å². The molecule has 212 valence electrons. The highest BCUT2D eigenvalue weighted by Gasteiger charge is 2.39. The number of halogens is 4. The third-order valence-electron chi connectivity index (χ3n) is 6.32. The topological polar surface area (TPSA) is 141 Å². The molecule has 3 heterocycles. The van der Waals surface area contributed by atoms with Gasteiger partial charge in [-0.2, -0.15) is 13.2 Å². The number of Topliss-reactive ketones (excluding diaryl/α,β-unsaturated/α-hetero) is 1. The Kier molecular flexibility index (Phi) is 8.23. The van der Waals surface area contributed by atoms with Crippen LogP contribution in [-0.2, 0) is 24.3 Å². The Hall–Kier alpha value is -3.88. The zero-order valence-electron chi connectivity index (χ0n) is 21.4. The van der Waals surface area contributed by atoms with Gasteiger partial charge in [-0.3, -0.25) is 14.3 Å². The molecule has 0 saturated carbocycles. The van der Waals surface area contributed by atoms with Crippen LogP contribution in [0.5, 0.6) is 0 Å². The van der Waals surface area contributed by atoms with Crippen molar-refractivity contribution in [3.05, 3.63) is 75.9 Å². The molecule has 2 atom stereocenters. The van der Waals surface area contributed by atoms with E-state index < -0.39 is 35.9 Å². The van der Waals surface area contributed by atoms with E-state index in [-0.39, 0.29) is 31.0 Å². The van der Waals surface area contributed by atoms with Crippen LogP contribution in [0.4, 0.5) is 13.2 Å². The number of aliphatic hydroxyl groups excluding tert-OH is 1. The molecule has 0 aliphatic rings. The third-order valence-corrected chi connectivity index (χ3v) is 6.57. The van der Waals surface area contributed by atoms with Gasteiger partial charge in [-0.1, -0.05) is 18.5 Å². The van der Waals surface area contributed by atoms with Gasteiger partial charge in [-0.15, -0.1) is 10.2 Å². The average molecular weight is 580 g/mol. The van der Waals surface area contributed by atoms with E-state index in [1.807, 2.05) is 0 Å². The molecule has 1 aromatic carbocycles. The minimum Gasteiger partial charge on any atom is -0.382 e. The fourth-order valence-corrected chi connectivity index (χ4v) is 3.86. The van der Waals surface area contributed by atoms with E-state index in [4.69, 9.17) is 11.6 Å². The van der Waals surface area contributed by atoms with Crippen molar-refractivity contribution in [3.63, 3.8) is 0 Å². The smallest absolute Gasteiger partial charge is 0.382 e. The molecule has 0 radical (unpaired) electrons. The van der Waals surface area contributed by atoms with Gasteiger partial charge in [0, 0.05) is 16.8 Å². The molecule has 4 rings (SSSR count). The van der Waals surface area contributed by atoms with Crippen LogP contribution in [0.25, 0.3) is 17.1 Å². The Morgan fingerprint density at radius 2 is 1.82 bits per heavy atom. The molecule has 3 aromatic heterocycles. The van der Waals surface area contributed by atoms with E-state index in [0.29, 0.717) is 22.0 Å². The van der Waals surface area contributed by atoms with E-state index in [1.165, 1.54) is 48.4 Å². The number of carbonyl (C=O) groups excluding carboxylic acids is 1. The lowest BCUT2D eigenvalue weighted by Gasteiger charge is -2.19. The first-order valence-electron chi connectivity index (χ1n) is 12.1. The predicted molar refractivity (Wildman–Crippen MR) is 137 cm³/mol. The third kappa shape index (κ3) is 6.29. The van der Waals surface area contributed by atoms with Crippen molar-refractivity contribution in [2.45, 2.75) is 57.7 Å². The minimum absolute atomic E-state index is 0.0902. The highest BCUT2D eigenvalue weighted by atomic mass is 35.5. The van der Waals surface area contributed by atoms with Gasteiger partial charge in [0.1, 0.15) is 18.5 Å². The zero-order valence-corrected chi connectivity index (χ0v) is 22.1. The van der Waals surface area contributed by atoms with E-state index in [1.54, 1.807) is 19.1 Å². The first-order valence-corrected chi connectivity index (χ1v) is 12.5. The number of aromatic nitrogens is 7. The first kappa shape index (κ1) is 29.1. The zero-order chi connectivity index (χ0) is 29.2. The highest BCUT2D eigenvalue weighted by Crippen LogP contribution is 2.24. The summed E-state index contributed by atoms with van der Waals surface area (Å²) in [6.07, 6.45) is -4.88. The van der Waals surface area contributed by atoms with Crippen molar-refractivity contribution in [2.24, 2.45) is 0 Å². The van der Waals surface area contributed by atoms with Crippen molar-refractivity contribution >= 4 is 17.4 Å². The maximum atomic E-state index is 13.1. The number of hydrogen-bond donors (Lipinski definition) is 2. The summed E-state index contributed by atoms with van der Waals surface area (Å²) >= 11 is 5.91. The monoisotopic (exact) mass is 579 g/mol. The summed E-state index contributed by atoms with van der Waals surface area (Å²) in [5.74, 6) is -0.448. The van der Waals surface area contributed by atoms with Gasteiger partial charge in [-0.25, -0.2) is 19.1 Å². The van der Waals surface area contributed by atoms with Crippen LogP contribution in [0.15, 0.2) is 53.7 Å². The molecule has 11 nitrogen and oxygen atoms in total. The molecule has 0 saturated heterocycles. The number of nitrogens with zero attached hydrogens (tertiary/aromatic N) is 7. The summed E-state index contributed by atoms with van der Waals surface area (Å²) in [4.78, 5) is 34.1. The van der Waals surface area contributed by atoms with Gasteiger partial charge in [0.15, 0.2) is 23.5 Å². The summed E-state index contributed by atoms with van der Waals surface area (Å²) in [6, 6.07) is 9.22. The number of pyridine rings is 1. The maximum absolute atomic E-state index is 13.1. The van der Waals surface area contributed by atoms with Gasteiger partial charge < -0.3 is 10.2 Å². The highest BCUT2D eigenvalue weighted by molar-refractivity contribution is 6.30. The van der Waals surface area contributed by atoms with Crippen LogP contribution in [-0.4, -0.2) is 68.0 Å². The molecule has 0 bridgehead atoms. The Bertz CT molecular complexity index is 1560. The maximum Gasteiger partial charge on any atom is 0.416 e. The second-order valence-corrected chi connectivity index (χ2v) is 9.68. The lowest BCUT2D eigenvalue weighted by molar-refractivity contribution is -0.207. The minimum atomic E-state index is -4.95. The second-order valence-electron chi connectivity index (χ2n) is 9.24. The summed E-state index contributed by atoms with van der Waals surface area (Å²) < 4.78 is 42.2. The number of carbonyl (C=O) groups is 1. The van der Waals surface area contributed by atoms with Crippen LogP contribution >= 0.6 is 11.6 Å². The standard InChI is InChI=1S/C25H25ClF3N7O4/c1-3-24(2,40)19(37)11-17-18(5-4-10-30-17)36-14-31-21(32-36)13-35-23(39)34(12-20(38)25(27,28)29)22(33-35)15-6-8-16(26)9-7-15/h4-10,14,20,38,40H,3,11-13H2,1-2H3/t20-,24?/m0/s1. The van der Waals surface area contributed by atoms with Crippen LogP contribution in [0.3, 0.4) is 0 Å². The molecule has 0 fully saturated rings. The lowest BCUT2D eigenvalue weighted by atomic mass is 9.94. The fraction of sp³-hybridized carbons (Fsp3) is 0.360. The summed E-state index contributed by atoms with van der Waals surface area (Å²) in [7, 11) is 0. The molecular weight excluding hydrogens is 555 g/mol. The summed E-state index contributed by atoms with van der Waals surface area (Å²) in [6.45, 7) is 1.73. The van der Waals surface area contributed by atoms with E-state index in [0.717, 1.165) is 9.25 Å². The summed E-state index contributed by atoms with van der Waals surface area (Å²) in [5, 5.41) is 28.8. The molecule has 40 heavy (non-hydrogen) atoms. The van der Waals surface area contributed by atoms with Crippen LogP contribution in [0.2, 0.25) is 5.02 Å². The van der Waals surface area contributed by atoms with Gasteiger partial charge in [0.25, 0.3) is 0 Å². The number of ketones is 1. The largest absolute Gasteiger partial charge is 0.416 e. The van der Waals surface area contributed by atoms with Crippen molar-refractivity contribution < 1.29 is 28.2 Å². The number of benzene rings is 1. The Balaban J connectivity index is 1.66. The number of alkyl halides is 3. The molecule has 0 aliphatic heterocycles. The van der Waals surface area contributed by atoms with Gasteiger partial charge in [0.05, 0.1) is 24.3 Å². The Labute approximate surface area is 230 Å². The average Bonchev–Trinajstić information content (AvgIpc) is 3.49. The Morgan fingerprint density at radius 1 is 1.12 bits per heavy atom. The van der Waals surface area contributed by atoms with Gasteiger partial charge in [-0.05, 0) is 49.7 Å². The summed E-state index contributed by atoms with van der Waals surface area (Å²) in [5.41, 5.74) is -1.39. The molecule has 0 spiro atoms. The van der Waals surface area contributed by atoms with Gasteiger partial charge in [0.2, 0.25) is 0 Å². The molecule has 2 N–H and O–H groups in total. The normalized spacial score (nSPS) is 14.2. The number of hydrogen-bond acceptors (Lipinski definition) is 8. The number of rotatable bonds is 10. The van der Waals surface area contributed by atoms with E-state index >= 15 is 0 Å². The second kappa shape index (κ2) is 11.3. The van der Waals surface area contributed by atoms with Crippen LogP contribution in [0, 0.1) is 0 Å². The molecule has 0 aliphatic carbocycles. The van der Waals surface area contributed by atoms with Gasteiger partial charge >= 0.3 is 11.9 Å². The van der Waals surface area contributed by atoms with Crippen molar-refractivity contribution in [3.8, 4) is 17.1 Å². The SMILES string of the molecule is CCC(C)(O)C(=O)Cc1ncccc1-n1cnc(Cn2nc(-c3ccc(Cl)cc3)n(C[C@H](O)C(F)(F)F)c2=O)n1. The van der Waals surface area contributed by atoms with Crippen molar-refractivity contribution in [1.29, 1.82) is 0 Å². The molecular formula is C25H25ClF3N7O4. The molecule has 15 heteroatoms. The molecule has 0 amide bonds. The fourth-order valence-electron chi connectivity index (χ4n) is 3.73. The number of aliphatic hydroxyl groups is 2. The first-order chi connectivity index (χ1) is 18.8. The van der Waals surface area contributed by atoms with E-state index in [2.05, 4.69) is 20.2 Å². The molecule has 4 aromatic rings. The molecule has 1 unspecified atom stereocenters. The Morgan fingerprint density at radius 3 is 2.48 bits per heavy atom. The van der Waals surface area contributed by atoms with E-state index in [9.17, 15) is 33.0 Å².